The van der Waals surface area contributed by atoms with Gasteiger partial charge in [0.15, 0.2) is 11.5 Å². The molecule has 36 heavy (non-hydrogen) atoms. The number of carbonyl (C=O) groups is 2. The molecule has 0 atom stereocenters. The fraction of sp³-hybridized carbons (Fsp3) is 0.154. The number of nitrogens with one attached hydrogen (secondary N) is 1. The van der Waals surface area contributed by atoms with Crippen LogP contribution in [-0.2, 0) is 17.9 Å². The number of halogens is 1. The third-order valence-corrected chi connectivity index (χ3v) is 6.28. The summed E-state index contributed by atoms with van der Waals surface area (Å²) in [4.78, 5) is 36.9. The van der Waals surface area contributed by atoms with Crippen molar-refractivity contribution in [3.8, 4) is 11.5 Å². The number of imide groups is 1. The van der Waals surface area contributed by atoms with Gasteiger partial charge in [-0.1, -0.05) is 29.8 Å². The highest BCUT2D eigenvalue weighted by Crippen LogP contribution is 2.35. The molecule has 0 saturated carbocycles. The normalized spacial score (nSPS) is 14.2. The number of aryl methyl sites for hydroxylation is 1. The third-order valence-electron chi connectivity index (χ3n) is 5.48. The molecule has 0 aliphatic carbocycles. The van der Waals surface area contributed by atoms with Crippen LogP contribution in [0.4, 0.5) is 10.5 Å². The molecule has 1 N–H and O–H groups in total. The molecule has 1 aliphatic heterocycles. The van der Waals surface area contributed by atoms with Gasteiger partial charge in [0, 0.05) is 12.1 Å². The first-order valence-corrected chi connectivity index (χ1v) is 12.0. The van der Waals surface area contributed by atoms with Crippen molar-refractivity contribution in [2.45, 2.75) is 20.1 Å². The quantitative estimate of drug-likeness (QED) is 0.126. The Morgan fingerprint density at radius 2 is 1.83 bits per heavy atom. The molecular formula is C26H22IN3O6. The molecule has 1 saturated heterocycles. The van der Waals surface area contributed by atoms with Crippen LogP contribution in [0.1, 0.15) is 22.3 Å². The van der Waals surface area contributed by atoms with Crippen LogP contribution in [0.25, 0.3) is 6.08 Å². The number of carbonyl (C=O) groups excluding carboxylic acids is 2. The Kier molecular flexibility index (Phi) is 7.53. The van der Waals surface area contributed by atoms with Crippen LogP contribution in [0.15, 0.2) is 66.4 Å². The van der Waals surface area contributed by atoms with Crippen molar-refractivity contribution < 1.29 is 24.0 Å². The molecule has 1 heterocycles. The summed E-state index contributed by atoms with van der Waals surface area (Å²) in [7, 11) is 1.51. The van der Waals surface area contributed by atoms with Crippen molar-refractivity contribution in [2.75, 3.05) is 7.11 Å². The SMILES string of the molecule is COc1cc(/C=C2/NC(=O)N(Cc3cccc(C)c3)C2=O)cc(I)c1OCc1ccc([N+](=O)[O-])cc1. The van der Waals surface area contributed by atoms with Crippen molar-refractivity contribution in [1.29, 1.82) is 0 Å². The second kappa shape index (κ2) is 10.8. The van der Waals surface area contributed by atoms with Crippen LogP contribution in [0.2, 0.25) is 0 Å². The number of nitrogens with zero attached hydrogens (tertiary/aromatic N) is 2. The summed E-state index contributed by atoms with van der Waals surface area (Å²) >= 11 is 2.10. The van der Waals surface area contributed by atoms with Crippen molar-refractivity contribution >= 4 is 46.3 Å². The zero-order chi connectivity index (χ0) is 25.8. The van der Waals surface area contributed by atoms with Gasteiger partial charge >= 0.3 is 6.03 Å². The van der Waals surface area contributed by atoms with E-state index in [1.807, 2.05) is 37.3 Å². The van der Waals surface area contributed by atoms with Gasteiger partial charge in [-0.25, -0.2) is 4.79 Å². The fourth-order valence-electron chi connectivity index (χ4n) is 3.71. The van der Waals surface area contributed by atoms with Crippen LogP contribution >= 0.6 is 22.6 Å². The van der Waals surface area contributed by atoms with Crippen molar-refractivity contribution in [2.24, 2.45) is 0 Å². The number of non-ortho nitro benzene ring substituents is 1. The third kappa shape index (κ3) is 5.65. The Morgan fingerprint density at radius 3 is 2.50 bits per heavy atom. The fourth-order valence-corrected chi connectivity index (χ4v) is 4.49. The zero-order valence-corrected chi connectivity index (χ0v) is 21.6. The first kappa shape index (κ1) is 25.2. The summed E-state index contributed by atoms with van der Waals surface area (Å²) < 4.78 is 12.2. The Hall–Kier alpha value is -3.93. The van der Waals surface area contributed by atoms with E-state index in [2.05, 4.69) is 27.9 Å². The molecule has 184 valence electrons. The van der Waals surface area contributed by atoms with E-state index in [1.165, 1.54) is 24.1 Å². The van der Waals surface area contributed by atoms with Gasteiger partial charge in [-0.15, -0.1) is 0 Å². The number of hydrogen-bond donors (Lipinski definition) is 1. The molecule has 3 amide bonds. The molecule has 10 heteroatoms. The van der Waals surface area contributed by atoms with E-state index in [1.54, 1.807) is 24.3 Å². The molecule has 4 rings (SSSR count). The van der Waals surface area contributed by atoms with Gasteiger partial charge in [-0.05, 0) is 76.5 Å². The maximum absolute atomic E-state index is 12.9. The molecule has 9 nitrogen and oxygen atoms in total. The number of urea groups is 1. The molecule has 1 aliphatic rings. The molecule has 0 radical (unpaired) electrons. The summed E-state index contributed by atoms with van der Waals surface area (Å²) in [6.07, 6.45) is 1.60. The van der Waals surface area contributed by atoms with E-state index in [0.717, 1.165) is 20.3 Å². The second-order valence-corrected chi connectivity index (χ2v) is 9.28. The number of nitro benzene ring substituents is 1. The number of benzene rings is 3. The van der Waals surface area contributed by atoms with E-state index in [0.29, 0.717) is 17.1 Å². The lowest BCUT2D eigenvalue weighted by Crippen LogP contribution is -2.30. The molecular weight excluding hydrogens is 577 g/mol. The van der Waals surface area contributed by atoms with Crippen LogP contribution in [0, 0.1) is 20.6 Å². The Morgan fingerprint density at radius 1 is 1.08 bits per heavy atom. The van der Waals surface area contributed by atoms with Gasteiger partial charge in [-0.2, -0.15) is 0 Å². The van der Waals surface area contributed by atoms with E-state index in [4.69, 9.17) is 9.47 Å². The Bertz CT molecular complexity index is 1370. The maximum Gasteiger partial charge on any atom is 0.329 e. The summed E-state index contributed by atoms with van der Waals surface area (Å²) in [6.45, 7) is 2.32. The topological polar surface area (TPSA) is 111 Å². The summed E-state index contributed by atoms with van der Waals surface area (Å²) in [6, 6.07) is 16.8. The lowest BCUT2D eigenvalue weighted by Gasteiger charge is -2.14. The van der Waals surface area contributed by atoms with Gasteiger partial charge in [0.2, 0.25) is 0 Å². The largest absolute Gasteiger partial charge is 0.493 e. The minimum absolute atomic E-state index is 0.00861. The van der Waals surface area contributed by atoms with Crippen LogP contribution in [-0.4, -0.2) is 28.9 Å². The molecule has 1 fully saturated rings. The summed E-state index contributed by atoms with van der Waals surface area (Å²) in [5.41, 5.74) is 3.51. The van der Waals surface area contributed by atoms with Gasteiger partial charge in [0.25, 0.3) is 11.6 Å². The predicted molar refractivity (Wildman–Crippen MR) is 141 cm³/mol. The highest BCUT2D eigenvalue weighted by molar-refractivity contribution is 14.1. The molecule has 3 aromatic rings. The van der Waals surface area contributed by atoms with Crippen LogP contribution in [0.5, 0.6) is 11.5 Å². The maximum atomic E-state index is 12.9. The van der Waals surface area contributed by atoms with Gasteiger partial charge < -0.3 is 14.8 Å². The van der Waals surface area contributed by atoms with Crippen LogP contribution in [0.3, 0.4) is 0 Å². The lowest BCUT2D eigenvalue weighted by molar-refractivity contribution is -0.384. The first-order chi connectivity index (χ1) is 17.2. The zero-order valence-electron chi connectivity index (χ0n) is 19.5. The van der Waals surface area contributed by atoms with E-state index in [9.17, 15) is 19.7 Å². The number of rotatable bonds is 8. The molecule has 0 unspecified atom stereocenters. The van der Waals surface area contributed by atoms with Crippen LogP contribution < -0.4 is 14.8 Å². The number of methoxy groups -OCH3 is 1. The summed E-state index contributed by atoms with van der Waals surface area (Å²) in [5, 5.41) is 13.5. The second-order valence-electron chi connectivity index (χ2n) is 8.11. The molecule has 3 aromatic carbocycles. The smallest absolute Gasteiger partial charge is 0.329 e. The van der Waals surface area contributed by atoms with E-state index in [-0.39, 0.29) is 24.5 Å². The van der Waals surface area contributed by atoms with Crippen molar-refractivity contribution in [3.63, 3.8) is 0 Å². The van der Waals surface area contributed by atoms with Gasteiger partial charge in [0.05, 0.1) is 22.1 Å². The minimum Gasteiger partial charge on any atom is -0.493 e. The number of nitro groups is 1. The monoisotopic (exact) mass is 599 g/mol. The number of ether oxygens (including phenoxy) is 2. The van der Waals surface area contributed by atoms with Gasteiger partial charge in [0.1, 0.15) is 12.3 Å². The Labute approximate surface area is 221 Å². The molecule has 0 bridgehead atoms. The average molecular weight is 599 g/mol. The highest BCUT2D eigenvalue weighted by Gasteiger charge is 2.33. The molecule has 0 aromatic heterocycles. The molecule has 0 spiro atoms. The standard InChI is InChI=1S/C26H22IN3O6/c1-16-4-3-5-18(10-16)14-29-25(31)22(28-26(29)32)12-19-11-21(27)24(23(13-19)35-2)36-15-17-6-8-20(9-7-17)30(33)34/h3-13H,14-15H2,1-2H3,(H,28,32)/b22-12+. The predicted octanol–water partition coefficient (Wildman–Crippen LogP) is 5.19. The highest BCUT2D eigenvalue weighted by atomic mass is 127. The number of amides is 3. The van der Waals surface area contributed by atoms with E-state index >= 15 is 0 Å². The number of hydrogen-bond acceptors (Lipinski definition) is 6. The van der Waals surface area contributed by atoms with Crippen molar-refractivity contribution in [3.05, 3.63) is 102 Å². The van der Waals surface area contributed by atoms with Gasteiger partial charge in [-0.3, -0.25) is 19.8 Å². The van der Waals surface area contributed by atoms with Crippen molar-refractivity contribution in [1.82, 2.24) is 10.2 Å². The Balaban J connectivity index is 1.51. The first-order valence-electron chi connectivity index (χ1n) is 10.9. The minimum atomic E-state index is -0.475. The van der Waals surface area contributed by atoms with E-state index < -0.39 is 16.9 Å². The lowest BCUT2D eigenvalue weighted by atomic mass is 10.1. The summed E-state index contributed by atoms with van der Waals surface area (Å²) in [5.74, 6) is 0.541. The average Bonchev–Trinajstić information content (AvgIpc) is 3.10.